The monoisotopic (exact) mass is 282 g/mol. The Morgan fingerprint density at radius 2 is 2.37 bits per heavy atom. The third-order valence-electron chi connectivity index (χ3n) is 4.04. The first kappa shape index (κ1) is 14.3. The molecule has 0 bridgehead atoms. The van der Waals surface area contributed by atoms with Crippen LogP contribution in [0.25, 0.3) is 0 Å². The molecule has 1 fully saturated rings. The Labute approximate surface area is 118 Å². The summed E-state index contributed by atoms with van der Waals surface area (Å²) in [7, 11) is 0. The van der Waals surface area contributed by atoms with Crippen molar-refractivity contribution < 1.29 is 9.90 Å². The second-order valence-electron chi connectivity index (χ2n) is 5.50. The molecule has 2 N–H and O–H groups in total. The third-order valence-corrected chi connectivity index (χ3v) is 4.26. The van der Waals surface area contributed by atoms with Crippen LogP contribution < -0.4 is 5.32 Å². The van der Waals surface area contributed by atoms with E-state index in [9.17, 15) is 9.90 Å². The van der Waals surface area contributed by atoms with E-state index in [4.69, 9.17) is 11.6 Å². The van der Waals surface area contributed by atoms with Crippen LogP contribution in [0.15, 0.2) is 12.1 Å². The molecule has 2 rings (SSSR count). The zero-order valence-corrected chi connectivity index (χ0v) is 12.0. The second kappa shape index (κ2) is 5.47. The molecular weight excluding hydrogens is 264 g/mol. The molecule has 1 amide bonds. The molecule has 1 aromatic rings. The Kier molecular flexibility index (Phi) is 4.11. The number of aliphatic hydroxyl groups is 1. The number of hydrogen-bond acceptors (Lipinski definition) is 3. The van der Waals surface area contributed by atoms with Crippen molar-refractivity contribution in [1.82, 2.24) is 10.3 Å². The Morgan fingerprint density at radius 1 is 1.63 bits per heavy atom. The molecule has 1 saturated carbocycles. The van der Waals surface area contributed by atoms with E-state index >= 15 is 0 Å². The van der Waals surface area contributed by atoms with Gasteiger partial charge in [-0.3, -0.25) is 4.79 Å². The first-order chi connectivity index (χ1) is 8.96. The van der Waals surface area contributed by atoms with Crippen molar-refractivity contribution in [1.29, 1.82) is 0 Å². The smallest absolute Gasteiger partial charge is 0.253 e. The minimum atomic E-state index is -0.219. The number of amides is 1. The molecule has 19 heavy (non-hydrogen) atoms. The number of carbonyl (C=O) groups excluding carboxylic acids is 1. The fraction of sp³-hybridized carbons (Fsp3) is 0.571. The molecule has 1 aliphatic rings. The van der Waals surface area contributed by atoms with E-state index in [-0.39, 0.29) is 24.0 Å². The molecule has 0 spiro atoms. The largest absolute Gasteiger partial charge is 0.396 e. The summed E-state index contributed by atoms with van der Waals surface area (Å²) >= 11 is 5.78. The van der Waals surface area contributed by atoms with Crippen LogP contribution >= 0.6 is 11.6 Å². The van der Waals surface area contributed by atoms with Crippen molar-refractivity contribution >= 4 is 17.5 Å². The molecule has 1 aliphatic carbocycles. The minimum Gasteiger partial charge on any atom is -0.396 e. The molecule has 5 heteroatoms. The Morgan fingerprint density at radius 3 is 3.00 bits per heavy atom. The number of nitrogens with one attached hydrogen (secondary N) is 1. The van der Waals surface area contributed by atoms with Gasteiger partial charge in [0.2, 0.25) is 0 Å². The van der Waals surface area contributed by atoms with Crippen molar-refractivity contribution in [2.75, 3.05) is 6.61 Å². The third kappa shape index (κ3) is 2.90. The summed E-state index contributed by atoms with van der Waals surface area (Å²) in [6.07, 6.45) is 2.87. The van der Waals surface area contributed by atoms with E-state index in [1.165, 1.54) is 0 Å². The van der Waals surface area contributed by atoms with Gasteiger partial charge in [0, 0.05) is 11.5 Å². The SMILES string of the molecule is Cc1nc(Cl)ccc1C(=O)NC1CCCC1(C)CO. The van der Waals surface area contributed by atoms with Crippen molar-refractivity contribution in [3.05, 3.63) is 28.5 Å². The van der Waals surface area contributed by atoms with Crippen LogP contribution in [0.5, 0.6) is 0 Å². The van der Waals surface area contributed by atoms with E-state index in [1.54, 1.807) is 19.1 Å². The standard InChI is InChI=1S/C14H19ClN2O2/c1-9-10(5-6-12(15)16-9)13(19)17-11-4-3-7-14(11,2)8-18/h5-6,11,18H,3-4,7-8H2,1-2H3,(H,17,19). The lowest BCUT2D eigenvalue weighted by molar-refractivity contribution is 0.0829. The van der Waals surface area contributed by atoms with Crippen molar-refractivity contribution in [3.63, 3.8) is 0 Å². The lowest BCUT2D eigenvalue weighted by atomic mass is 9.85. The maximum atomic E-state index is 12.3. The lowest BCUT2D eigenvalue weighted by Gasteiger charge is -2.30. The highest BCUT2D eigenvalue weighted by molar-refractivity contribution is 6.29. The number of hydrogen-bond donors (Lipinski definition) is 2. The number of rotatable bonds is 3. The maximum absolute atomic E-state index is 12.3. The molecule has 2 unspecified atom stereocenters. The van der Waals surface area contributed by atoms with E-state index in [1.807, 2.05) is 6.92 Å². The average molecular weight is 283 g/mol. The van der Waals surface area contributed by atoms with Gasteiger partial charge in [-0.25, -0.2) is 4.98 Å². The summed E-state index contributed by atoms with van der Waals surface area (Å²) in [6.45, 7) is 3.87. The Bertz CT molecular complexity index is 492. The average Bonchev–Trinajstić information content (AvgIpc) is 2.71. The number of carbonyl (C=O) groups is 1. The van der Waals surface area contributed by atoms with Crippen molar-refractivity contribution in [2.45, 2.75) is 39.2 Å². The molecular formula is C14H19ClN2O2. The number of aromatic nitrogens is 1. The number of aliphatic hydroxyl groups excluding tert-OH is 1. The van der Waals surface area contributed by atoms with Gasteiger partial charge < -0.3 is 10.4 Å². The van der Waals surface area contributed by atoms with Gasteiger partial charge in [-0.2, -0.15) is 0 Å². The van der Waals surface area contributed by atoms with Gasteiger partial charge in [-0.05, 0) is 31.9 Å². The van der Waals surface area contributed by atoms with Gasteiger partial charge in [0.15, 0.2) is 0 Å². The minimum absolute atomic E-state index is 0.0140. The Hall–Kier alpha value is -1.13. The Balaban J connectivity index is 2.13. The van der Waals surface area contributed by atoms with Crippen molar-refractivity contribution in [3.8, 4) is 0 Å². The van der Waals surface area contributed by atoms with Crippen molar-refractivity contribution in [2.24, 2.45) is 5.41 Å². The first-order valence-corrected chi connectivity index (χ1v) is 6.89. The highest BCUT2D eigenvalue weighted by atomic mass is 35.5. The second-order valence-corrected chi connectivity index (χ2v) is 5.88. The van der Waals surface area contributed by atoms with E-state index in [0.717, 1.165) is 19.3 Å². The normalized spacial score (nSPS) is 26.4. The molecule has 2 atom stereocenters. The van der Waals surface area contributed by atoms with E-state index < -0.39 is 0 Å². The summed E-state index contributed by atoms with van der Waals surface area (Å²) in [5.74, 6) is -0.145. The number of nitrogens with zero attached hydrogens (tertiary/aromatic N) is 1. The molecule has 1 aromatic heterocycles. The highest BCUT2D eigenvalue weighted by Gasteiger charge is 2.39. The molecule has 0 radical (unpaired) electrons. The maximum Gasteiger partial charge on any atom is 0.253 e. The van der Waals surface area contributed by atoms with Gasteiger partial charge in [-0.1, -0.05) is 24.9 Å². The van der Waals surface area contributed by atoms with Gasteiger partial charge in [0.05, 0.1) is 17.9 Å². The van der Waals surface area contributed by atoms with Gasteiger partial charge in [0.1, 0.15) is 5.15 Å². The molecule has 0 saturated heterocycles. The van der Waals surface area contributed by atoms with Crippen LogP contribution in [-0.2, 0) is 0 Å². The predicted octanol–water partition coefficient (Wildman–Crippen LogP) is 2.32. The van der Waals surface area contributed by atoms with Gasteiger partial charge in [0.25, 0.3) is 5.91 Å². The fourth-order valence-corrected chi connectivity index (χ4v) is 2.86. The lowest BCUT2D eigenvalue weighted by Crippen LogP contribution is -2.45. The summed E-state index contributed by atoms with van der Waals surface area (Å²) < 4.78 is 0. The molecule has 4 nitrogen and oxygen atoms in total. The summed E-state index contributed by atoms with van der Waals surface area (Å²) in [5.41, 5.74) is 0.939. The number of halogens is 1. The van der Waals surface area contributed by atoms with Crippen LogP contribution in [0.1, 0.15) is 42.2 Å². The number of aryl methyl sites for hydroxylation is 1. The molecule has 0 aliphatic heterocycles. The van der Waals surface area contributed by atoms with Crippen LogP contribution in [0.2, 0.25) is 5.15 Å². The van der Waals surface area contributed by atoms with E-state index in [2.05, 4.69) is 10.3 Å². The zero-order valence-electron chi connectivity index (χ0n) is 11.2. The molecule has 0 aromatic carbocycles. The topological polar surface area (TPSA) is 62.2 Å². The van der Waals surface area contributed by atoms with Gasteiger partial charge in [-0.15, -0.1) is 0 Å². The van der Waals surface area contributed by atoms with Crippen LogP contribution in [-0.4, -0.2) is 28.6 Å². The van der Waals surface area contributed by atoms with Crippen LogP contribution in [0.4, 0.5) is 0 Å². The summed E-state index contributed by atoms with van der Waals surface area (Å²) in [5, 5.41) is 12.9. The predicted molar refractivity (Wildman–Crippen MR) is 74.3 cm³/mol. The quantitative estimate of drug-likeness (QED) is 0.837. The molecule has 1 heterocycles. The van der Waals surface area contributed by atoms with Gasteiger partial charge >= 0.3 is 0 Å². The zero-order chi connectivity index (χ0) is 14.0. The number of pyridine rings is 1. The first-order valence-electron chi connectivity index (χ1n) is 6.51. The van der Waals surface area contributed by atoms with Crippen LogP contribution in [0, 0.1) is 12.3 Å². The van der Waals surface area contributed by atoms with Crippen LogP contribution in [0.3, 0.4) is 0 Å². The van der Waals surface area contributed by atoms with E-state index in [0.29, 0.717) is 16.4 Å². The highest BCUT2D eigenvalue weighted by Crippen LogP contribution is 2.37. The summed E-state index contributed by atoms with van der Waals surface area (Å²) in [6, 6.07) is 3.31. The molecule has 104 valence electrons. The fourth-order valence-electron chi connectivity index (χ4n) is 2.67. The summed E-state index contributed by atoms with van der Waals surface area (Å²) in [4.78, 5) is 16.3.